The van der Waals surface area contributed by atoms with E-state index < -0.39 is 12.8 Å². The van der Waals surface area contributed by atoms with Crippen LogP contribution in [0.3, 0.4) is 0 Å². The molecule has 0 saturated carbocycles. The van der Waals surface area contributed by atoms with Gasteiger partial charge in [-0.1, -0.05) is 109 Å². The highest BCUT2D eigenvalue weighted by Gasteiger charge is 2.36. The molecule has 6 aliphatic rings. The third-order valence-electron chi connectivity index (χ3n) is 22.1. The summed E-state index contributed by atoms with van der Waals surface area (Å²) in [5.74, 6) is 21.5. The highest BCUT2D eigenvalue weighted by Crippen LogP contribution is 2.43. The molecule has 15 heteroatoms. The van der Waals surface area contributed by atoms with Crippen molar-refractivity contribution in [1.82, 2.24) is 0 Å². The molecule has 0 aliphatic carbocycles. The molecule has 636 valence electrons. The Balaban J connectivity index is 0.000000125. The molecule has 0 unspecified atom stereocenters. The Morgan fingerprint density at radius 3 is 0.658 bits per heavy atom. The Morgan fingerprint density at radius 2 is 0.442 bits per heavy atom. The van der Waals surface area contributed by atoms with E-state index in [9.17, 15) is 13.2 Å². The van der Waals surface area contributed by atoms with E-state index in [0.717, 1.165) is 46.1 Å². The van der Waals surface area contributed by atoms with E-state index in [-0.39, 0.29) is 34.3 Å². The zero-order valence-corrected chi connectivity index (χ0v) is 77.9. The number of hydrogen-bond acceptors (Lipinski definition) is 6. The van der Waals surface area contributed by atoms with Gasteiger partial charge in [-0.3, -0.25) is 0 Å². The van der Waals surface area contributed by atoms with Crippen molar-refractivity contribution in [3.8, 4) is 34.5 Å². The molecule has 0 spiro atoms. The van der Waals surface area contributed by atoms with Crippen molar-refractivity contribution >= 4 is 130 Å². The van der Waals surface area contributed by atoms with Gasteiger partial charge in [0.1, 0.15) is 115 Å². The third kappa shape index (κ3) is 24.7. The van der Waals surface area contributed by atoms with Gasteiger partial charge in [-0.15, -0.1) is 0 Å². The smallest absolute Gasteiger partial charge is 0.422 e. The summed E-state index contributed by atoms with van der Waals surface area (Å²) in [6, 6.07) is 77.2. The van der Waals surface area contributed by atoms with Crippen molar-refractivity contribution in [2.45, 2.75) is 231 Å². The fourth-order valence-corrected chi connectivity index (χ4v) is 31.9. The second-order valence-electron chi connectivity index (χ2n) is 34.5. The van der Waals surface area contributed by atoms with Crippen LogP contribution in [0.5, 0.6) is 34.5 Å². The number of ether oxygens (including phenoxy) is 6. The van der Waals surface area contributed by atoms with E-state index in [1.807, 2.05) is 37.3 Å². The lowest BCUT2D eigenvalue weighted by Gasteiger charge is -2.23. The summed E-state index contributed by atoms with van der Waals surface area (Å²) in [4.78, 5) is 9.01. The van der Waals surface area contributed by atoms with Crippen LogP contribution < -0.4 is 28.4 Å². The van der Waals surface area contributed by atoms with Crippen LogP contribution in [-0.2, 0) is 65.4 Å². The van der Waals surface area contributed by atoms with Crippen molar-refractivity contribution in [2.75, 3.05) is 82.2 Å². The highest BCUT2D eigenvalue weighted by atomic mass is 32.2. The van der Waals surface area contributed by atoms with Gasteiger partial charge in [0, 0.05) is 130 Å². The lowest BCUT2D eigenvalue weighted by Crippen LogP contribution is -2.23. The van der Waals surface area contributed by atoms with Crippen molar-refractivity contribution in [3.05, 3.63) is 218 Å². The van der Waals surface area contributed by atoms with Crippen LogP contribution in [0.1, 0.15) is 172 Å². The van der Waals surface area contributed by atoms with Crippen molar-refractivity contribution < 1.29 is 41.6 Å². The van der Waals surface area contributed by atoms with Crippen LogP contribution in [0, 0.1) is 0 Å². The van der Waals surface area contributed by atoms with Gasteiger partial charge in [-0.25, -0.2) is 0 Å². The first-order valence-electron chi connectivity index (χ1n) is 44.2. The number of hydrogen-bond donors (Lipinski definition) is 0. The summed E-state index contributed by atoms with van der Waals surface area (Å²) in [7, 11) is 2.45. The zero-order valence-electron chi connectivity index (χ0n) is 73.0. The predicted molar refractivity (Wildman–Crippen MR) is 520 cm³/mol. The molecule has 6 aliphatic heterocycles. The molecule has 0 radical (unpaired) electrons. The fraction of sp³-hybridized carbons (Fsp3) is 0.429. The molecule has 0 atom stereocenters. The first-order valence-corrected chi connectivity index (χ1v) is 53.6. The third-order valence-corrected chi connectivity index (χ3v) is 37.4. The molecule has 12 aromatic rings. The molecule has 6 nitrogen and oxygen atoms in total. The van der Waals surface area contributed by atoms with Gasteiger partial charge in [0.15, 0.2) is 36.0 Å². The van der Waals surface area contributed by atoms with E-state index in [4.69, 9.17) is 28.4 Å². The normalized spacial score (nSPS) is 16.7. The Morgan fingerprint density at radius 1 is 0.250 bits per heavy atom. The van der Waals surface area contributed by atoms with Crippen LogP contribution in [-0.4, -0.2) is 112 Å². The molecule has 6 heterocycles. The second-order valence-corrected chi connectivity index (χ2v) is 47.9. The summed E-state index contributed by atoms with van der Waals surface area (Å²) < 4.78 is 72.1. The van der Waals surface area contributed by atoms with E-state index in [1.54, 1.807) is 30.5 Å². The van der Waals surface area contributed by atoms with Crippen LogP contribution in [0.2, 0.25) is 0 Å². The fourth-order valence-electron chi connectivity index (χ4n) is 16.9. The zero-order chi connectivity index (χ0) is 84.2. The number of alkyl halides is 3. The first-order chi connectivity index (χ1) is 58.0. The Hall–Kier alpha value is -7.11. The number of rotatable bonds is 16. The summed E-state index contributed by atoms with van der Waals surface area (Å²) >= 11 is 0. The van der Waals surface area contributed by atoms with Crippen LogP contribution in [0.25, 0.3) is 64.6 Å². The van der Waals surface area contributed by atoms with Gasteiger partial charge in [0.05, 0.1) is 18.8 Å². The molecule has 6 saturated heterocycles. The topological polar surface area (TPSA) is 55.4 Å². The Labute approximate surface area is 732 Å². The first kappa shape index (κ1) is 90.6. The molecule has 12 aromatic carbocycles. The monoisotopic (exact) mass is 1730 g/mol. The largest absolute Gasteiger partial charge is 0.493 e. The van der Waals surface area contributed by atoms with Crippen LogP contribution in [0.15, 0.2) is 248 Å². The summed E-state index contributed by atoms with van der Waals surface area (Å²) in [5, 5.41) is 15.1. The van der Waals surface area contributed by atoms with Gasteiger partial charge in [-0.05, 0) is 282 Å². The minimum atomic E-state index is -4.31. The van der Waals surface area contributed by atoms with Gasteiger partial charge >= 0.3 is 6.18 Å². The van der Waals surface area contributed by atoms with Gasteiger partial charge in [0.2, 0.25) is 0 Å². The molecule has 0 N–H and O–H groups in total. The number of halogens is 3. The molecular formula is C105H129F3O6S6+6. The molecule has 0 amide bonds. The molecule has 6 fully saturated rings. The molecular weight excluding hydrogens is 1610 g/mol. The van der Waals surface area contributed by atoms with Gasteiger partial charge in [0.25, 0.3) is 0 Å². The van der Waals surface area contributed by atoms with Gasteiger partial charge < -0.3 is 28.4 Å². The van der Waals surface area contributed by atoms with Crippen molar-refractivity contribution in [3.63, 3.8) is 0 Å². The lowest BCUT2D eigenvalue weighted by molar-refractivity contribution is -0.153. The standard InChI is InChI=1S/C19H25OS.2C18H23OS.C17H18F3OS.C17H21OS.C16H19OS/c1-19(2,3)20-17-11-12-18(21-13-7-4-8-14-21)16-10-6-5-9-15(16)17;1-18(2,3)19-16-10-11-17(20-12-6-7-13-20)15-9-5-4-8-14(15)16;1-14(2)19-17-10-11-18(20-12-6-3-7-13-20)16-9-5-4-8-15(16)17;18-17(19,20)12-21-15-8-9-16(22-10-4-1-5-11-22)14-7-3-2-6-13(14)15;1-13(2)18-16-9-10-17(19-11-5-6-12-19)15-8-4-3-7-14(15)16;1-2-17-15-9-10-16(18-11-5-6-12-18)14-8-4-3-7-13(14)15/h5-6,9-12H,4,7-8,13-14H2,1-3H3;4-5,8-11H,6-7,12-13H2,1-3H3;4-5,8-11,14H,3,6-7,12-13H2,1-2H3;2-3,6-9H,1,4-5,10-12H2;3-4,7-10,13H,5-6,11-12H2,1-2H3;3-4,7-10H,2,5-6,11-12H2,1H3/q6*+1. The Kier molecular flexibility index (Phi) is 32.8. The maximum atomic E-state index is 12.4. The lowest BCUT2D eigenvalue weighted by atomic mass is 10.1. The SMILES string of the molecule is CC(C)(C)Oc1ccc([S+]2CCCC2)c2ccccc12.CC(C)(C)Oc1ccc([S+]2CCCCC2)c2ccccc12.CC(C)Oc1ccc([S+]2CCCC2)c2ccccc12.CC(C)Oc1ccc([S+]2CCCCC2)c2ccccc12.CCOc1ccc([S+]2CCCC2)c2ccccc12.FC(F)(F)COc1ccc([S+]2CCCCC2)c2ccccc12. The van der Waals surface area contributed by atoms with Crippen molar-refractivity contribution in [1.29, 1.82) is 0 Å². The average Bonchev–Trinajstić information content (AvgIpc) is 1.13. The summed E-state index contributed by atoms with van der Waals surface area (Å²) in [6.07, 6.45) is 16.6. The quantitative estimate of drug-likeness (QED) is 0.0899. The van der Waals surface area contributed by atoms with Crippen LogP contribution >= 0.6 is 0 Å². The molecule has 0 bridgehead atoms. The Bertz CT molecular complexity index is 5270. The summed E-state index contributed by atoms with van der Waals surface area (Å²) in [5.41, 5.74) is -0.308. The van der Waals surface area contributed by atoms with E-state index in [2.05, 4.69) is 251 Å². The minimum absolute atomic E-state index is 0.153. The number of fused-ring (bicyclic) bond motifs is 6. The minimum Gasteiger partial charge on any atom is -0.493 e. The molecule has 120 heavy (non-hydrogen) atoms. The number of benzene rings is 12. The second kappa shape index (κ2) is 43.5. The van der Waals surface area contributed by atoms with E-state index in [1.165, 1.54) is 224 Å². The van der Waals surface area contributed by atoms with Crippen LogP contribution in [0.4, 0.5) is 13.2 Å². The maximum Gasteiger partial charge on any atom is 0.422 e. The predicted octanol–water partition coefficient (Wildman–Crippen LogP) is 28.1. The molecule has 18 rings (SSSR count). The van der Waals surface area contributed by atoms with E-state index in [0.29, 0.717) is 60.2 Å². The maximum absolute atomic E-state index is 12.4. The molecule has 0 aromatic heterocycles. The van der Waals surface area contributed by atoms with Crippen molar-refractivity contribution in [2.24, 2.45) is 0 Å². The van der Waals surface area contributed by atoms with Gasteiger partial charge in [-0.2, -0.15) is 13.2 Å². The highest BCUT2D eigenvalue weighted by molar-refractivity contribution is 7.98. The summed E-state index contributed by atoms with van der Waals surface area (Å²) in [6.45, 7) is 22.5. The average molecular weight is 1740 g/mol. The van der Waals surface area contributed by atoms with E-state index >= 15 is 0 Å².